The molecule has 0 aliphatic rings. The maximum atomic E-state index is 5.93. The Morgan fingerprint density at radius 1 is 1.00 bits per heavy atom. The molecule has 2 nitrogen and oxygen atoms in total. The lowest BCUT2D eigenvalue weighted by atomic mass is 10.1. The smallest absolute Gasteiger partial charge is 0.123 e. The molecule has 0 fully saturated rings. The second kappa shape index (κ2) is 10.7. The molecule has 0 heterocycles. The maximum absolute atomic E-state index is 5.93. The van der Waals surface area contributed by atoms with Crippen molar-refractivity contribution in [3.05, 3.63) is 29.3 Å². The van der Waals surface area contributed by atoms with Gasteiger partial charge in [-0.1, -0.05) is 63.1 Å². The van der Waals surface area contributed by atoms with Gasteiger partial charge in [0.15, 0.2) is 0 Å². The van der Waals surface area contributed by atoms with Crippen LogP contribution >= 0.6 is 0 Å². The van der Waals surface area contributed by atoms with Crippen molar-refractivity contribution in [2.24, 2.45) is 0 Å². The number of aryl methyl sites for hydroxylation is 1. The minimum absolute atomic E-state index is 0.841. The summed E-state index contributed by atoms with van der Waals surface area (Å²) < 4.78 is 5.93. The molecule has 20 heavy (non-hydrogen) atoms. The number of hydrogen-bond acceptors (Lipinski definition) is 2. The fraction of sp³-hybridized carbons (Fsp3) is 0.667. The topological polar surface area (TPSA) is 21.3 Å². The normalized spacial score (nSPS) is 10.8. The van der Waals surface area contributed by atoms with E-state index in [1.165, 1.54) is 56.1 Å². The molecule has 0 aliphatic carbocycles. The zero-order valence-corrected chi connectivity index (χ0v) is 13.5. The minimum Gasteiger partial charge on any atom is -0.493 e. The molecule has 1 rings (SSSR count). The van der Waals surface area contributed by atoms with Gasteiger partial charge in [0.25, 0.3) is 0 Å². The van der Waals surface area contributed by atoms with Gasteiger partial charge in [0.1, 0.15) is 5.75 Å². The van der Waals surface area contributed by atoms with Crippen LogP contribution in [-0.2, 0) is 6.54 Å². The van der Waals surface area contributed by atoms with Gasteiger partial charge in [-0.3, -0.25) is 0 Å². The van der Waals surface area contributed by atoms with E-state index < -0.39 is 0 Å². The summed E-state index contributed by atoms with van der Waals surface area (Å²) in [6, 6.07) is 6.43. The third kappa shape index (κ3) is 6.95. The van der Waals surface area contributed by atoms with Crippen molar-refractivity contribution >= 4 is 0 Å². The highest BCUT2D eigenvalue weighted by Crippen LogP contribution is 2.20. The van der Waals surface area contributed by atoms with Gasteiger partial charge < -0.3 is 10.1 Å². The maximum Gasteiger partial charge on any atom is 0.123 e. The molecular weight excluding hydrogens is 246 g/mol. The van der Waals surface area contributed by atoms with Crippen LogP contribution in [0.5, 0.6) is 5.75 Å². The quantitative estimate of drug-likeness (QED) is 0.584. The van der Waals surface area contributed by atoms with Gasteiger partial charge >= 0.3 is 0 Å². The van der Waals surface area contributed by atoms with E-state index in [0.717, 1.165) is 18.9 Å². The SMILES string of the molecule is CCCCCCCCCOc1ccc(C)cc1CNC. The standard InChI is InChI=1S/C18H31NO/c1-4-5-6-7-8-9-10-13-20-18-12-11-16(2)14-17(18)15-19-3/h11-12,14,19H,4-10,13,15H2,1-3H3. The van der Waals surface area contributed by atoms with Crippen LogP contribution in [0.3, 0.4) is 0 Å². The van der Waals surface area contributed by atoms with Crippen LogP contribution in [-0.4, -0.2) is 13.7 Å². The van der Waals surface area contributed by atoms with Crippen molar-refractivity contribution in [1.29, 1.82) is 0 Å². The Labute approximate surface area is 124 Å². The summed E-state index contributed by atoms with van der Waals surface area (Å²) in [5.41, 5.74) is 2.55. The van der Waals surface area contributed by atoms with Gasteiger partial charge in [0, 0.05) is 12.1 Å². The predicted molar refractivity (Wildman–Crippen MR) is 87.4 cm³/mol. The molecular formula is C18H31NO. The van der Waals surface area contributed by atoms with E-state index in [1.54, 1.807) is 0 Å². The summed E-state index contributed by atoms with van der Waals surface area (Å²) in [5, 5.41) is 3.20. The molecule has 0 atom stereocenters. The number of rotatable bonds is 11. The Hall–Kier alpha value is -1.02. The summed E-state index contributed by atoms with van der Waals surface area (Å²) in [6.45, 7) is 6.10. The van der Waals surface area contributed by atoms with Crippen molar-refractivity contribution in [2.45, 2.75) is 65.3 Å². The highest BCUT2D eigenvalue weighted by molar-refractivity contribution is 5.36. The van der Waals surface area contributed by atoms with E-state index in [9.17, 15) is 0 Å². The number of nitrogens with one attached hydrogen (secondary N) is 1. The molecule has 1 aromatic carbocycles. The monoisotopic (exact) mass is 277 g/mol. The van der Waals surface area contributed by atoms with Crippen molar-refractivity contribution in [3.8, 4) is 5.75 Å². The Balaban J connectivity index is 2.21. The molecule has 1 aromatic rings. The number of hydrogen-bond donors (Lipinski definition) is 1. The van der Waals surface area contributed by atoms with Crippen LogP contribution in [0, 0.1) is 6.92 Å². The van der Waals surface area contributed by atoms with E-state index >= 15 is 0 Å². The first kappa shape index (κ1) is 17.0. The lowest BCUT2D eigenvalue weighted by Gasteiger charge is -2.12. The molecule has 0 spiro atoms. The fourth-order valence-corrected chi connectivity index (χ4v) is 2.42. The van der Waals surface area contributed by atoms with Crippen LogP contribution in [0.25, 0.3) is 0 Å². The van der Waals surface area contributed by atoms with Crippen molar-refractivity contribution in [3.63, 3.8) is 0 Å². The third-order valence-corrected chi connectivity index (χ3v) is 3.59. The molecule has 0 radical (unpaired) electrons. The highest BCUT2D eigenvalue weighted by Gasteiger charge is 2.03. The zero-order chi connectivity index (χ0) is 14.6. The van der Waals surface area contributed by atoms with Gasteiger partial charge in [0.05, 0.1) is 6.61 Å². The van der Waals surface area contributed by atoms with E-state index in [-0.39, 0.29) is 0 Å². The predicted octanol–water partition coefficient (Wildman–Crippen LogP) is 4.84. The molecule has 1 N–H and O–H groups in total. The Bertz CT molecular complexity index is 362. The number of unbranched alkanes of at least 4 members (excludes halogenated alkanes) is 6. The molecule has 0 aromatic heterocycles. The summed E-state index contributed by atoms with van der Waals surface area (Å²) >= 11 is 0. The molecule has 0 bridgehead atoms. The van der Waals surface area contributed by atoms with E-state index in [2.05, 4.69) is 37.4 Å². The van der Waals surface area contributed by atoms with Gasteiger partial charge in [0.2, 0.25) is 0 Å². The lowest BCUT2D eigenvalue weighted by molar-refractivity contribution is 0.301. The van der Waals surface area contributed by atoms with E-state index in [1.807, 2.05) is 7.05 Å². The largest absolute Gasteiger partial charge is 0.493 e. The fourth-order valence-electron chi connectivity index (χ4n) is 2.42. The molecule has 2 heteroatoms. The van der Waals surface area contributed by atoms with E-state index in [0.29, 0.717) is 0 Å². The van der Waals surface area contributed by atoms with Crippen molar-refractivity contribution in [2.75, 3.05) is 13.7 Å². The molecule has 114 valence electrons. The van der Waals surface area contributed by atoms with Crippen molar-refractivity contribution < 1.29 is 4.74 Å². The van der Waals surface area contributed by atoms with Gasteiger partial charge in [-0.15, -0.1) is 0 Å². The second-order valence-corrected chi connectivity index (χ2v) is 5.61. The van der Waals surface area contributed by atoms with Crippen LogP contribution in [0.2, 0.25) is 0 Å². The molecule has 0 amide bonds. The third-order valence-electron chi connectivity index (χ3n) is 3.59. The Morgan fingerprint density at radius 2 is 1.70 bits per heavy atom. The average molecular weight is 277 g/mol. The van der Waals surface area contributed by atoms with E-state index in [4.69, 9.17) is 4.74 Å². The van der Waals surface area contributed by atoms with Crippen LogP contribution in [0.15, 0.2) is 18.2 Å². The second-order valence-electron chi connectivity index (χ2n) is 5.61. The first-order chi connectivity index (χ1) is 9.77. The number of benzene rings is 1. The Morgan fingerprint density at radius 3 is 2.40 bits per heavy atom. The van der Waals surface area contributed by atoms with Gasteiger partial charge in [-0.25, -0.2) is 0 Å². The summed E-state index contributed by atoms with van der Waals surface area (Å²) in [5.74, 6) is 1.04. The number of ether oxygens (including phenoxy) is 1. The van der Waals surface area contributed by atoms with Crippen LogP contribution in [0.1, 0.15) is 63.0 Å². The first-order valence-corrected chi connectivity index (χ1v) is 8.15. The average Bonchev–Trinajstić information content (AvgIpc) is 2.44. The van der Waals surface area contributed by atoms with Gasteiger partial charge in [-0.05, 0) is 26.5 Å². The summed E-state index contributed by atoms with van der Waals surface area (Å²) in [4.78, 5) is 0. The lowest BCUT2D eigenvalue weighted by Crippen LogP contribution is -2.08. The molecule has 0 unspecified atom stereocenters. The van der Waals surface area contributed by atoms with Crippen molar-refractivity contribution in [1.82, 2.24) is 5.32 Å². The Kier molecular flexibility index (Phi) is 9.14. The molecule has 0 aliphatic heterocycles. The first-order valence-electron chi connectivity index (χ1n) is 8.15. The summed E-state index contributed by atoms with van der Waals surface area (Å²) in [7, 11) is 1.97. The van der Waals surface area contributed by atoms with Crippen LogP contribution < -0.4 is 10.1 Å². The zero-order valence-electron chi connectivity index (χ0n) is 13.5. The van der Waals surface area contributed by atoms with Gasteiger partial charge in [-0.2, -0.15) is 0 Å². The molecule has 0 saturated carbocycles. The van der Waals surface area contributed by atoms with Crippen LogP contribution in [0.4, 0.5) is 0 Å². The molecule has 0 saturated heterocycles. The highest BCUT2D eigenvalue weighted by atomic mass is 16.5. The summed E-state index contributed by atoms with van der Waals surface area (Å²) in [6.07, 6.45) is 9.28. The minimum atomic E-state index is 0.841.